The van der Waals surface area contributed by atoms with Crippen LogP contribution in [0.25, 0.3) is 0 Å². The zero-order valence-corrected chi connectivity index (χ0v) is 12.8. The maximum absolute atomic E-state index is 12.8. The molecule has 0 aromatic carbocycles. The lowest BCUT2D eigenvalue weighted by molar-refractivity contribution is -0.145. The van der Waals surface area contributed by atoms with Crippen molar-refractivity contribution in [2.24, 2.45) is 10.6 Å². The smallest absolute Gasteiger partial charge is 0.277 e. The van der Waals surface area contributed by atoms with E-state index in [9.17, 15) is 13.2 Å². The number of hydrogen-bond donors (Lipinski definition) is 2. The van der Waals surface area contributed by atoms with E-state index in [0.717, 1.165) is 32.4 Å². The van der Waals surface area contributed by atoms with Crippen LogP contribution in [0.15, 0.2) is 0 Å². The minimum atomic E-state index is -3.64. The highest BCUT2D eigenvalue weighted by atomic mass is 32.2. The zero-order valence-electron chi connectivity index (χ0n) is 12.0. The van der Waals surface area contributed by atoms with Crippen LogP contribution in [0.2, 0.25) is 0 Å². The molecule has 2 rings (SSSR count). The van der Waals surface area contributed by atoms with Gasteiger partial charge in [-0.3, -0.25) is 4.79 Å². The van der Waals surface area contributed by atoms with E-state index in [4.69, 9.17) is 5.14 Å². The second kappa shape index (κ2) is 5.97. The van der Waals surface area contributed by atoms with E-state index in [-0.39, 0.29) is 11.3 Å². The molecule has 0 aromatic heterocycles. The fraction of sp³-hybridized carbons (Fsp3) is 0.917. The summed E-state index contributed by atoms with van der Waals surface area (Å²) in [6.45, 7) is 5.26. The summed E-state index contributed by atoms with van der Waals surface area (Å²) in [5, 5.41) is 8.40. The van der Waals surface area contributed by atoms with Gasteiger partial charge in [-0.25, -0.2) is 5.14 Å². The fourth-order valence-electron chi connectivity index (χ4n) is 3.11. The van der Waals surface area contributed by atoms with E-state index in [2.05, 4.69) is 12.2 Å². The molecule has 0 atom stereocenters. The molecule has 116 valence electrons. The van der Waals surface area contributed by atoms with Crippen molar-refractivity contribution in [2.75, 3.05) is 39.3 Å². The molecule has 0 bridgehead atoms. The second-order valence-electron chi connectivity index (χ2n) is 5.62. The van der Waals surface area contributed by atoms with Crippen molar-refractivity contribution < 1.29 is 13.2 Å². The minimum Gasteiger partial charge on any atom is -0.340 e. The van der Waals surface area contributed by atoms with Gasteiger partial charge in [-0.05, 0) is 32.4 Å². The highest BCUT2D eigenvalue weighted by Crippen LogP contribution is 2.35. The van der Waals surface area contributed by atoms with Gasteiger partial charge < -0.3 is 10.2 Å². The number of hydrogen-bond acceptors (Lipinski definition) is 4. The van der Waals surface area contributed by atoms with Gasteiger partial charge in [-0.2, -0.15) is 12.7 Å². The zero-order chi connectivity index (χ0) is 14.8. The SMILES string of the molecule is CCC1(C(=O)N2CCN(S(N)(=O)=O)CC2)CCNCC1. The molecule has 0 spiro atoms. The molecule has 2 aliphatic heterocycles. The Morgan fingerprint density at radius 1 is 1.20 bits per heavy atom. The Kier molecular flexibility index (Phi) is 4.68. The van der Waals surface area contributed by atoms with E-state index in [1.54, 1.807) is 4.90 Å². The number of piperazine rings is 1. The first-order valence-electron chi connectivity index (χ1n) is 7.17. The quantitative estimate of drug-likeness (QED) is 0.707. The average molecular weight is 304 g/mol. The molecular weight excluding hydrogens is 280 g/mol. The predicted octanol–water partition coefficient (Wildman–Crippen LogP) is -0.886. The lowest BCUT2D eigenvalue weighted by Crippen LogP contribution is -2.56. The van der Waals surface area contributed by atoms with Gasteiger partial charge in [0.2, 0.25) is 5.91 Å². The molecule has 2 heterocycles. The Hall–Kier alpha value is -0.700. The second-order valence-corrected chi connectivity index (χ2v) is 7.17. The molecular formula is C12H24N4O3S. The topological polar surface area (TPSA) is 95.7 Å². The third-order valence-electron chi connectivity index (χ3n) is 4.58. The summed E-state index contributed by atoms with van der Waals surface area (Å²) in [5.41, 5.74) is -0.269. The van der Waals surface area contributed by atoms with E-state index in [1.807, 2.05) is 0 Å². The van der Waals surface area contributed by atoms with Crippen molar-refractivity contribution in [3.05, 3.63) is 0 Å². The molecule has 20 heavy (non-hydrogen) atoms. The van der Waals surface area contributed by atoms with Crippen LogP contribution in [0.1, 0.15) is 26.2 Å². The van der Waals surface area contributed by atoms with Crippen LogP contribution in [-0.4, -0.2) is 62.8 Å². The first kappa shape index (κ1) is 15.7. The molecule has 2 aliphatic rings. The molecule has 0 unspecified atom stereocenters. The Bertz CT molecular complexity index is 451. The molecule has 3 N–H and O–H groups in total. The Balaban J connectivity index is 2.00. The molecule has 0 saturated carbocycles. The van der Waals surface area contributed by atoms with Gasteiger partial charge in [0, 0.05) is 26.2 Å². The lowest BCUT2D eigenvalue weighted by Gasteiger charge is -2.42. The number of nitrogens with one attached hydrogen (secondary N) is 1. The highest BCUT2D eigenvalue weighted by molar-refractivity contribution is 7.86. The van der Waals surface area contributed by atoms with Crippen LogP contribution in [-0.2, 0) is 15.0 Å². The molecule has 8 heteroatoms. The van der Waals surface area contributed by atoms with E-state index < -0.39 is 10.2 Å². The third-order valence-corrected chi connectivity index (χ3v) is 5.66. The molecule has 7 nitrogen and oxygen atoms in total. The molecule has 1 amide bonds. The Morgan fingerprint density at radius 3 is 2.20 bits per heavy atom. The normalized spacial score (nSPS) is 24.6. The fourth-order valence-corrected chi connectivity index (χ4v) is 3.78. The van der Waals surface area contributed by atoms with Crippen molar-refractivity contribution in [3.63, 3.8) is 0 Å². The van der Waals surface area contributed by atoms with Gasteiger partial charge >= 0.3 is 0 Å². The average Bonchev–Trinajstić information content (AvgIpc) is 2.46. The molecule has 0 aliphatic carbocycles. The Labute approximate surface area is 120 Å². The van der Waals surface area contributed by atoms with Crippen LogP contribution in [0.5, 0.6) is 0 Å². The van der Waals surface area contributed by atoms with Crippen LogP contribution in [0.4, 0.5) is 0 Å². The number of amides is 1. The van der Waals surface area contributed by atoms with Crippen LogP contribution in [0.3, 0.4) is 0 Å². The van der Waals surface area contributed by atoms with Crippen molar-refractivity contribution >= 4 is 16.1 Å². The Morgan fingerprint density at radius 2 is 1.75 bits per heavy atom. The maximum Gasteiger partial charge on any atom is 0.277 e. The van der Waals surface area contributed by atoms with Gasteiger partial charge in [0.05, 0.1) is 5.41 Å². The van der Waals surface area contributed by atoms with Crippen molar-refractivity contribution in [1.82, 2.24) is 14.5 Å². The number of carbonyl (C=O) groups excluding carboxylic acids is 1. The van der Waals surface area contributed by atoms with Crippen molar-refractivity contribution in [3.8, 4) is 0 Å². The standard InChI is InChI=1S/C12H24N4O3S/c1-2-12(3-5-14-6-4-12)11(17)15-7-9-16(10-8-15)20(13,18)19/h14H,2-10H2,1H3,(H2,13,18,19). The van der Waals surface area contributed by atoms with Gasteiger partial charge in [0.1, 0.15) is 0 Å². The summed E-state index contributed by atoms with van der Waals surface area (Å²) in [6.07, 6.45) is 2.55. The summed E-state index contributed by atoms with van der Waals surface area (Å²) >= 11 is 0. The predicted molar refractivity (Wildman–Crippen MR) is 76.1 cm³/mol. The first-order valence-corrected chi connectivity index (χ1v) is 8.67. The monoisotopic (exact) mass is 304 g/mol. The van der Waals surface area contributed by atoms with Crippen LogP contribution < -0.4 is 10.5 Å². The molecule has 2 fully saturated rings. The minimum absolute atomic E-state index is 0.176. The van der Waals surface area contributed by atoms with Gasteiger partial charge in [0.25, 0.3) is 10.2 Å². The van der Waals surface area contributed by atoms with Gasteiger partial charge in [-0.1, -0.05) is 6.92 Å². The van der Waals surface area contributed by atoms with E-state index >= 15 is 0 Å². The highest BCUT2D eigenvalue weighted by Gasteiger charge is 2.41. The summed E-state index contributed by atoms with van der Waals surface area (Å²) in [6, 6.07) is 0. The molecule has 2 saturated heterocycles. The largest absolute Gasteiger partial charge is 0.340 e. The first-order chi connectivity index (χ1) is 9.39. The number of rotatable bonds is 3. The molecule has 0 radical (unpaired) electrons. The summed E-state index contributed by atoms with van der Waals surface area (Å²) in [4.78, 5) is 14.6. The summed E-state index contributed by atoms with van der Waals surface area (Å²) < 4.78 is 23.8. The molecule has 0 aromatic rings. The van der Waals surface area contributed by atoms with E-state index in [0.29, 0.717) is 26.2 Å². The van der Waals surface area contributed by atoms with Crippen LogP contribution in [0, 0.1) is 5.41 Å². The maximum atomic E-state index is 12.8. The van der Waals surface area contributed by atoms with E-state index in [1.165, 1.54) is 4.31 Å². The number of carbonyl (C=O) groups is 1. The summed E-state index contributed by atoms with van der Waals surface area (Å²) in [5.74, 6) is 0.176. The third kappa shape index (κ3) is 3.13. The number of nitrogens with zero attached hydrogens (tertiary/aromatic N) is 2. The lowest BCUT2D eigenvalue weighted by atomic mass is 9.75. The number of nitrogens with two attached hydrogens (primary N) is 1. The number of piperidine rings is 1. The van der Waals surface area contributed by atoms with Gasteiger partial charge in [-0.15, -0.1) is 0 Å². The van der Waals surface area contributed by atoms with Gasteiger partial charge in [0.15, 0.2) is 0 Å². The van der Waals surface area contributed by atoms with Crippen LogP contribution >= 0.6 is 0 Å². The van der Waals surface area contributed by atoms with Crippen molar-refractivity contribution in [1.29, 1.82) is 0 Å². The van der Waals surface area contributed by atoms with Crippen molar-refractivity contribution in [2.45, 2.75) is 26.2 Å². The summed E-state index contributed by atoms with van der Waals surface area (Å²) in [7, 11) is -3.64.